The number of ketones is 1. The monoisotopic (exact) mass is 314 g/mol. The van der Waals surface area contributed by atoms with Gasteiger partial charge in [-0.15, -0.1) is 0 Å². The van der Waals surface area contributed by atoms with Crippen LogP contribution in [0.5, 0.6) is 0 Å². The number of hydrogen-bond acceptors (Lipinski definition) is 4. The van der Waals surface area contributed by atoms with Crippen LogP contribution in [0.4, 0.5) is 24.5 Å². The van der Waals surface area contributed by atoms with E-state index in [0.717, 1.165) is 25.0 Å². The fourth-order valence-corrected chi connectivity index (χ4v) is 3.43. The Morgan fingerprint density at radius 1 is 1.18 bits per heavy atom. The molecule has 0 saturated carbocycles. The van der Waals surface area contributed by atoms with Crippen LogP contribution in [0.1, 0.15) is 31.2 Å². The predicted octanol–water partition coefficient (Wildman–Crippen LogP) is 3.31. The summed E-state index contributed by atoms with van der Waals surface area (Å²) in [5, 5.41) is 11.2. The van der Waals surface area contributed by atoms with Crippen molar-refractivity contribution in [2.75, 3.05) is 4.90 Å². The largest absolute Gasteiger partial charge is 0.416 e. The van der Waals surface area contributed by atoms with Crippen molar-refractivity contribution in [3.05, 3.63) is 33.9 Å². The molecule has 0 spiro atoms. The number of nitro benzene ring substituents is 1. The van der Waals surface area contributed by atoms with Crippen LogP contribution in [0.25, 0.3) is 0 Å². The summed E-state index contributed by atoms with van der Waals surface area (Å²) in [5.41, 5.74) is -1.41. The third kappa shape index (κ3) is 2.42. The minimum Gasteiger partial charge on any atom is -0.359 e. The maximum atomic E-state index is 12.7. The molecule has 2 fully saturated rings. The van der Waals surface area contributed by atoms with Gasteiger partial charge in [0.2, 0.25) is 0 Å². The number of halogens is 3. The molecule has 2 atom stereocenters. The van der Waals surface area contributed by atoms with Crippen molar-refractivity contribution in [3.63, 3.8) is 0 Å². The molecule has 0 aliphatic carbocycles. The molecule has 0 N–H and O–H groups in total. The van der Waals surface area contributed by atoms with E-state index in [2.05, 4.69) is 0 Å². The number of carbonyl (C=O) groups excluding carboxylic acids is 1. The summed E-state index contributed by atoms with van der Waals surface area (Å²) in [5.74, 6) is 0.110. The molecule has 8 heteroatoms. The molecule has 2 aliphatic heterocycles. The van der Waals surface area contributed by atoms with Gasteiger partial charge in [0.1, 0.15) is 11.5 Å². The highest BCUT2D eigenvalue weighted by Gasteiger charge is 2.43. The Hall–Kier alpha value is -2.12. The highest BCUT2D eigenvalue weighted by Crippen LogP contribution is 2.43. The lowest BCUT2D eigenvalue weighted by Gasteiger charge is -2.35. The van der Waals surface area contributed by atoms with Crippen LogP contribution in [0.2, 0.25) is 0 Å². The normalized spacial score (nSPS) is 24.7. The molecule has 22 heavy (non-hydrogen) atoms. The van der Waals surface area contributed by atoms with E-state index < -0.39 is 22.4 Å². The van der Waals surface area contributed by atoms with Crippen molar-refractivity contribution in [2.45, 2.75) is 43.9 Å². The van der Waals surface area contributed by atoms with Gasteiger partial charge in [-0.2, -0.15) is 13.2 Å². The summed E-state index contributed by atoms with van der Waals surface area (Å²) in [6, 6.07) is 2.29. The second-order valence-electron chi connectivity index (χ2n) is 5.70. The van der Waals surface area contributed by atoms with Crippen LogP contribution in [-0.4, -0.2) is 22.8 Å². The van der Waals surface area contributed by atoms with Crippen molar-refractivity contribution in [3.8, 4) is 0 Å². The molecule has 118 valence electrons. The smallest absolute Gasteiger partial charge is 0.359 e. The fourth-order valence-electron chi connectivity index (χ4n) is 3.43. The van der Waals surface area contributed by atoms with Crippen molar-refractivity contribution >= 4 is 17.2 Å². The van der Waals surface area contributed by atoms with E-state index >= 15 is 0 Å². The Bertz CT molecular complexity index is 629. The quantitative estimate of drug-likeness (QED) is 0.620. The fraction of sp³-hybridized carbons (Fsp3) is 0.500. The van der Waals surface area contributed by atoms with Gasteiger partial charge in [0.25, 0.3) is 5.69 Å². The Morgan fingerprint density at radius 3 is 2.27 bits per heavy atom. The number of benzene rings is 1. The molecule has 0 amide bonds. The van der Waals surface area contributed by atoms with Crippen LogP contribution in [0.15, 0.2) is 18.2 Å². The van der Waals surface area contributed by atoms with Gasteiger partial charge in [0, 0.05) is 31.0 Å². The molecule has 2 saturated heterocycles. The first-order valence-electron chi connectivity index (χ1n) is 6.93. The Kier molecular flexibility index (Phi) is 3.34. The average Bonchev–Trinajstić information content (AvgIpc) is 2.69. The molecule has 1 aromatic rings. The zero-order chi connectivity index (χ0) is 16.1. The van der Waals surface area contributed by atoms with Gasteiger partial charge < -0.3 is 4.90 Å². The molecule has 5 nitrogen and oxygen atoms in total. The van der Waals surface area contributed by atoms with Gasteiger partial charge >= 0.3 is 6.18 Å². The standard InChI is InChI=1S/C14H13F3N2O3/c15-14(16,17)8-1-4-12(13(5-8)19(21)22)18-9-2-3-10(18)7-11(20)6-9/h1,4-5,9-10H,2-3,6-7H2. The molecule has 2 unspecified atom stereocenters. The number of fused-ring (bicyclic) bond motifs is 2. The van der Waals surface area contributed by atoms with E-state index in [1.807, 2.05) is 0 Å². The second kappa shape index (κ2) is 4.96. The van der Waals surface area contributed by atoms with Crippen LogP contribution >= 0.6 is 0 Å². The van der Waals surface area contributed by atoms with Crippen molar-refractivity contribution in [2.24, 2.45) is 0 Å². The van der Waals surface area contributed by atoms with Crippen molar-refractivity contribution in [1.29, 1.82) is 0 Å². The molecule has 0 aromatic heterocycles. The number of nitro groups is 1. The van der Waals surface area contributed by atoms with Gasteiger partial charge in [-0.05, 0) is 25.0 Å². The number of anilines is 1. The SMILES string of the molecule is O=C1CC2CCC(C1)N2c1ccc(C(F)(F)F)cc1[N+](=O)[O-]. The third-order valence-electron chi connectivity index (χ3n) is 4.32. The predicted molar refractivity (Wildman–Crippen MR) is 71.6 cm³/mol. The number of Topliss-reactive ketones (excluding diaryl/α,β-unsaturated/α-hetero) is 1. The minimum atomic E-state index is -4.62. The lowest BCUT2D eigenvalue weighted by atomic mass is 9.99. The summed E-state index contributed by atoms with van der Waals surface area (Å²) in [6.45, 7) is 0. The van der Waals surface area contributed by atoms with E-state index in [-0.39, 0.29) is 23.6 Å². The van der Waals surface area contributed by atoms with Crippen molar-refractivity contribution < 1.29 is 22.9 Å². The topological polar surface area (TPSA) is 63.5 Å². The number of rotatable bonds is 2. The van der Waals surface area contributed by atoms with Gasteiger partial charge in [-0.1, -0.05) is 0 Å². The molecule has 2 bridgehead atoms. The molecule has 2 aliphatic rings. The summed E-state index contributed by atoms with van der Waals surface area (Å²) < 4.78 is 38.2. The van der Waals surface area contributed by atoms with Gasteiger partial charge in [0.05, 0.1) is 10.5 Å². The average molecular weight is 314 g/mol. The first-order valence-corrected chi connectivity index (χ1v) is 6.93. The number of hydrogen-bond donors (Lipinski definition) is 0. The van der Waals surface area contributed by atoms with Gasteiger partial charge in [-0.25, -0.2) is 0 Å². The number of carbonyl (C=O) groups is 1. The summed E-state index contributed by atoms with van der Waals surface area (Å²) in [6.07, 6.45) is -2.56. The molecule has 2 heterocycles. The van der Waals surface area contributed by atoms with E-state index in [1.165, 1.54) is 0 Å². The van der Waals surface area contributed by atoms with Gasteiger partial charge in [-0.3, -0.25) is 14.9 Å². The number of nitrogens with zero attached hydrogens (tertiary/aromatic N) is 2. The van der Waals surface area contributed by atoms with Crippen LogP contribution in [0.3, 0.4) is 0 Å². The molecule has 0 radical (unpaired) electrons. The van der Waals surface area contributed by atoms with E-state index in [1.54, 1.807) is 4.90 Å². The van der Waals surface area contributed by atoms with Crippen LogP contribution in [-0.2, 0) is 11.0 Å². The molecule has 1 aromatic carbocycles. The minimum absolute atomic E-state index is 0.110. The first kappa shape index (κ1) is 14.8. The second-order valence-corrected chi connectivity index (χ2v) is 5.70. The van der Waals surface area contributed by atoms with E-state index in [9.17, 15) is 28.1 Å². The van der Waals surface area contributed by atoms with Crippen molar-refractivity contribution in [1.82, 2.24) is 0 Å². The zero-order valence-electron chi connectivity index (χ0n) is 11.5. The Labute approximate surface area is 123 Å². The lowest BCUT2D eigenvalue weighted by Crippen LogP contribution is -2.43. The molecule has 3 rings (SSSR count). The maximum Gasteiger partial charge on any atom is 0.416 e. The van der Waals surface area contributed by atoms with Crippen LogP contribution < -0.4 is 4.90 Å². The van der Waals surface area contributed by atoms with Gasteiger partial charge in [0.15, 0.2) is 0 Å². The molecular formula is C14H13F3N2O3. The highest BCUT2D eigenvalue weighted by atomic mass is 19.4. The maximum absolute atomic E-state index is 12.7. The summed E-state index contributed by atoms with van der Waals surface area (Å²) in [7, 11) is 0. The highest BCUT2D eigenvalue weighted by molar-refractivity contribution is 5.84. The zero-order valence-corrected chi connectivity index (χ0v) is 11.5. The summed E-state index contributed by atoms with van der Waals surface area (Å²) in [4.78, 5) is 23.8. The number of piperidine rings is 1. The van der Waals surface area contributed by atoms with E-state index in [4.69, 9.17) is 0 Å². The first-order chi connectivity index (χ1) is 10.3. The molecular weight excluding hydrogens is 301 g/mol. The van der Waals surface area contributed by atoms with E-state index in [0.29, 0.717) is 18.9 Å². The number of alkyl halides is 3. The van der Waals surface area contributed by atoms with Crippen LogP contribution in [0, 0.1) is 10.1 Å². The third-order valence-corrected chi connectivity index (χ3v) is 4.32. The summed E-state index contributed by atoms with van der Waals surface area (Å²) >= 11 is 0. The Morgan fingerprint density at radius 2 is 1.77 bits per heavy atom. The lowest BCUT2D eigenvalue weighted by molar-refractivity contribution is -0.384. The Balaban J connectivity index is 2.04.